The number of nitrogens with zero attached hydrogens (tertiary/aromatic N) is 1. The van der Waals surface area contributed by atoms with Crippen LogP contribution in [-0.4, -0.2) is 158 Å². The van der Waals surface area contributed by atoms with E-state index in [2.05, 4.69) is 31.9 Å². The SMILES string of the molecule is CSCC[C@H](NC(=O)CNC(=O)[C@H](CO)NC(=O)[C@H](Cc1ccc(O)cc1)NC(=O)[C@H](CCC(N)=O)NC(=O)[C@@H](N)CCC(N)=O)C(=O)N1CCC[C@H]1C(=O)N[C@@H](Cc1ccc(O)cc1)C(=O)O. The van der Waals surface area contributed by atoms with Gasteiger partial charge in [0.2, 0.25) is 53.2 Å². The molecule has 68 heavy (non-hydrogen) atoms. The molecule has 16 N–H and O–H groups in total. The van der Waals surface area contributed by atoms with E-state index in [1.807, 2.05) is 0 Å². The molecule has 372 valence electrons. The standard InChI is InChI=1S/C43H60N10O14S/c1-68-18-16-29(42(65)53-17-2-3-33(53)41(64)51-31(43(66)67)20-24-6-10-26(56)11-7-24)48-36(59)21-47-38(61)32(22-54)52-40(63)30(19-23-4-8-25(55)9-5-23)50-39(62)28(13-15-35(46)58)49-37(60)27(44)12-14-34(45)57/h4-11,27-33,54-56H,2-3,12-22,44H2,1H3,(H2,45,57)(H2,46,58)(H,47,61)(H,48,59)(H,49,60)(H,50,62)(H,51,64)(H,52,63)(H,66,67)/t27-,28-,29-,30-,31-,32-,33-/m0/s1. The van der Waals surface area contributed by atoms with Crippen LogP contribution in [0, 0.1) is 0 Å². The molecule has 1 aliphatic heterocycles. The van der Waals surface area contributed by atoms with Gasteiger partial charge in [0.15, 0.2) is 0 Å². The van der Waals surface area contributed by atoms with Gasteiger partial charge in [0.1, 0.15) is 47.8 Å². The number of carboxylic acids is 1. The molecule has 7 atom stereocenters. The summed E-state index contributed by atoms with van der Waals surface area (Å²) >= 11 is 1.37. The number of nitrogens with one attached hydrogen (secondary N) is 6. The summed E-state index contributed by atoms with van der Waals surface area (Å²) in [6.45, 7) is -1.60. The van der Waals surface area contributed by atoms with E-state index >= 15 is 0 Å². The monoisotopic (exact) mass is 972 g/mol. The molecule has 0 bridgehead atoms. The van der Waals surface area contributed by atoms with Gasteiger partial charge in [-0.05, 0) is 79.5 Å². The van der Waals surface area contributed by atoms with Crippen molar-refractivity contribution in [2.24, 2.45) is 17.2 Å². The first-order valence-electron chi connectivity index (χ1n) is 21.5. The summed E-state index contributed by atoms with van der Waals surface area (Å²) in [6.07, 6.45) is 1.03. The van der Waals surface area contributed by atoms with Crippen molar-refractivity contribution < 1.29 is 68.4 Å². The van der Waals surface area contributed by atoms with Crippen molar-refractivity contribution in [2.45, 2.75) is 100 Å². The Hall–Kier alpha value is -6.99. The van der Waals surface area contributed by atoms with E-state index in [1.54, 1.807) is 6.26 Å². The number of amides is 9. The number of benzene rings is 2. The molecule has 24 nitrogen and oxygen atoms in total. The maximum Gasteiger partial charge on any atom is 0.326 e. The Bertz CT molecular complexity index is 2110. The first kappa shape index (κ1) is 55.3. The minimum Gasteiger partial charge on any atom is -0.508 e. The minimum absolute atomic E-state index is 0.0219. The molecule has 0 unspecified atom stereocenters. The Morgan fingerprint density at radius 3 is 1.75 bits per heavy atom. The predicted octanol–water partition coefficient (Wildman–Crippen LogP) is -3.90. The molecule has 2 aromatic rings. The van der Waals surface area contributed by atoms with Gasteiger partial charge in [-0.15, -0.1) is 0 Å². The third-order valence-electron chi connectivity index (χ3n) is 10.7. The molecular formula is C43H60N10O14S. The third kappa shape index (κ3) is 18.4. The maximum atomic E-state index is 13.9. The molecule has 0 aromatic heterocycles. The maximum absolute atomic E-state index is 13.9. The molecule has 1 saturated heterocycles. The molecule has 1 aliphatic rings. The Balaban J connectivity index is 1.70. The fourth-order valence-corrected chi connectivity index (χ4v) is 7.42. The zero-order valence-corrected chi connectivity index (χ0v) is 38.1. The number of carbonyl (C=O) groups excluding carboxylic acids is 9. The van der Waals surface area contributed by atoms with Crippen LogP contribution in [0.15, 0.2) is 48.5 Å². The lowest BCUT2D eigenvalue weighted by Crippen LogP contribution is -2.59. The van der Waals surface area contributed by atoms with Crippen molar-refractivity contribution in [3.05, 3.63) is 59.7 Å². The summed E-state index contributed by atoms with van der Waals surface area (Å²) in [5.74, 6) is -8.72. The molecule has 0 spiro atoms. The van der Waals surface area contributed by atoms with E-state index in [1.165, 1.54) is 65.2 Å². The number of phenolic OH excluding ortho intramolecular Hbond substituents is 2. The molecule has 9 amide bonds. The minimum atomic E-state index is -1.70. The van der Waals surface area contributed by atoms with Gasteiger partial charge in [0.05, 0.1) is 19.2 Å². The van der Waals surface area contributed by atoms with Crippen LogP contribution in [0.3, 0.4) is 0 Å². The van der Waals surface area contributed by atoms with Crippen molar-refractivity contribution in [2.75, 3.05) is 31.7 Å². The highest BCUT2D eigenvalue weighted by Crippen LogP contribution is 2.21. The summed E-state index contributed by atoms with van der Waals surface area (Å²) in [7, 11) is 0. The molecule has 3 rings (SSSR count). The number of hydrogen-bond donors (Lipinski definition) is 13. The number of aliphatic hydroxyl groups excluding tert-OH is 1. The number of nitrogens with two attached hydrogens (primary N) is 3. The number of hydrogen-bond acceptors (Lipinski definition) is 15. The number of aliphatic hydroxyl groups is 1. The highest BCUT2D eigenvalue weighted by molar-refractivity contribution is 7.98. The number of aromatic hydroxyl groups is 2. The quantitative estimate of drug-likeness (QED) is 0.0388. The number of likely N-dealkylation sites (tertiary alicyclic amines) is 1. The number of thioether (sulfide) groups is 1. The molecule has 0 saturated carbocycles. The smallest absolute Gasteiger partial charge is 0.326 e. The van der Waals surface area contributed by atoms with Crippen LogP contribution in [0.25, 0.3) is 0 Å². The first-order valence-corrected chi connectivity index (χ1v) is 22.9. The summed E-state index contributed by atoms with van der Waals surface area (Å²) in [5.41, 5.74) is 17.2. The van der Waals surface area contributed by atoms with E-state index < -0.39 is 115 Å². The van der Waals surface area contributed by atoms with Gasteiger partial charge >= 0.3 is 5.97 Å². The molecular weight excluding hydrogens is 913 g/mol. The number of aliphatic carboxylic acids is 1. The fraction of sp³-hybridized carbons (Fsp3) is 0.488. The summed E-state index contributed by atoms with van der Waals surface area (Å²) in [6, 6.07) is 1.71. The van der Waals surface area contributed by atoms with Crippen LogP contribution in [0.1, 0.15) is 56.1 Å². The van der Waals surface area contributed by atoms with Gasteiger partial charge in [0.25, 0.3) is 0 Å². The number of carbonyl (C=O) groups is 10. The second-order valence-electron chi connectivity index (χ2n) is 15.9. The molecule has 1 fully saturated rings. The van der Waals surface area contributed by atoms with Crippen molar-refractivity contribution in [1.82, 2.24) is 36.8 Å². The topological polar surface area (TPSA) is 405 Å². The average Bonchev–Trinajstić information content (AvgIpc) is 3.80. The van der Waals surface area contributed by atoms with Crippen LogP contribution in [-0.2, 0) is 60.8 Å². The lowest BCUT2D eigenvalue weighted by atomic mass is 10.0. The normalized spacial score (nSPS) is 15.8. The van der Waals surface area contributed by atoms with E-state index in [-0.39, 0.29) is 69.4 Å². The fourth-order valence-electron chi connectivity index (χ4n) is 6.95. The second kappa shape index (κ2) is 27.6. The number of primary amides is 2. The van der Waals surface area contributed by atoms with Gasteiger partial charge in [-0.3, -0.25) is 43.2 Å². The lowest BCUT2D eigenvalue weighted by molar-refractivity contribution is -0.144. The summed E-state index contributed by atoms with van der Waals surface area (Å²) < 4.78 is 0. The zero-order valence-electron chi connectivity index (χ0n) is 37.3. The van der Waals surface area contributed by atoms with Gasteiger partial charge in [0, 0.05) is 32.2 Å². The Kier molecular flexibility index (Phi) is 22.5. The third-order valence-corrected chi connectivity index (χ3v) is 11.3. The highest BCUT2D eigenvalue weighted by atomic mass is 32.2. The van der Waals surface area contributed by atoms with Gasteiger partial charge in [-0.1, -0.05) is 24.3 Å². The molecule has 0 aliphatic carbocycles. The van der Waals surface area contributed by atoms with Crippen molar-refractivity contribution in [1.29, 1.82) is 0 Å². The molecule has 25 heteroatoms. The molecule has 1 heterocycles. The highest BCUT2D eigenvalue weighted by Gasteiger charge is 2.39. The predicted molar refractivity (Wildman–Crippen MR) is 244 cm³/mol. The number of carboxylic acid groups (broad SMARTS) is 1. The van der Waals surface area contributed by atoms with Crippen LogP contribution in [0.5, 0.6) is 11.5 Å². The second-order valence-corrected chi connectivity index (χ2v) is 16.9. The largest absolute Gasteiger partial charge is 0.508 e. The van der Waals surface area contributed by atoms with Crippen LogP contribution in [0.4, 0.5) is 0 Å². The van der Waals surface area contributed by atoms with Gasteiger partial charge in [-0.25, -0.2) is 4.79 Å². The van der Waals surface area contributed by atoms with E-state index in [4.69, 9.17) is 17.2 Å². The molecule has 0 radical (unpaired) electrons. The first-order chi connectivity index (χ1) is 32.2. The number of rotatable bonds is 28. The lowest BCUT2D eigenvalue weighted by Gasteiger charge is -2.29. The van der Waals surface area contributed by atoms with Crippen LogP contribution >= 0.6 is 11.8 Å². The van der Waals surface area contributed by atoms with Gasteiger partial charge < -0.3 is 74.4 Å². The summed E-state index contributed by atoms with van der Waals surface area (Å²) in [4.78, 5) is 130. The van der Waals surface area contributed by atoms with E-state index in [9.17, 15) is 68.4 Å². The number of phenols is 2. The zero-order chi connectivity index (χ0) is 50.5. The Morgan fingerprint density at radius 1 is 0.676 bits per heavy atom. The van der Waals surface area contributed by atoms with Crippen LogP contribution in [0.2, 0.25) is 0 Å². The van der Waals surface area contributed by atoms with Crippen molar-refractivity contribution in [3.8, 4) is 11.5 Å². The van der Waals surface area contributed by atoms with E-state index in [0.29, 0.717) is 23.3 Å². The summed E-state index contributed by atoms with van der Waals surface area (Å²) in [5, 5.41) is 53.8. The van der Waals surface area contributed by atoms with Crippen LogP contribution < -0.4 is 49.1 Å². The van der Waals surface area contributed by atoms with E-state index in [0.717, 1.165) is 0 Å². The average molecular weight is 973 g/mol. The Labute approximate surface area is 395 Å². The van der Waals surface area contributed by atoms with Crippen molar-refractivity contribution in [3.63, 3.8) is 0 Å². The molecule has 2 aromatic carbocycles. The van der Waals surface area contributed by atoms with Crippen molar-refractivity contribution >= 4 is 70.9 Å². The Morgan fingerprint density at radius 2 is 1.21 bits per heavy atom. The van der Waals surface area contributed by atoms with Gasteiger partial charge in [-0.2, -0.15) is 11.8 Å².